The molecule has 0 saturated heterocycles. The molecule has 0 unspecified atom stereocenters. The van der Waals surface area contributed by atoms with E-state index in [1.807, 2.05) is 31.6 Å². The van der Waals surface area contributed by atoms with Crippen molar-refractivity contribution in [3.05, 3.63) is 34.8 Å². The van der Waals surface area contributed by atoms with Gasteiger partial charge in [-0.2, -0.15) is 0 Å². The molecular formula is C11H15N3OS. The number of nitrogens with zero attached hydrogens (tertiary/aromatic N) is 3. The first kappa shape index (κ1) is 11.3. The SMILES string of the molecule is CCO[C@H](C)c1nccn1Cc1nccs1. The number of hydrogen-bond donors (Lipinski definition) is 0. The van der Waals surface area contributed by atoms with E-state index in [2.05, 4.69) is 14.5 Å². The van der Waals surface area contributed by atoms with Gasteiger partial charge < -0.3 is 9.30 Å². The zero-order valence-electron chi connectivity index (χ0n) is 9.46. The molecule has 2 heterocycles. The van der Waals surface area contributed by atoms with Crippen molar-refractivity contribution in [2.45, 2.75) is 26.5 Å². The summed E-state index contributed by atoms with van der Waals surface area (Å²) in [5.41, 5.74) is 0. The Morgan fingerprint density at radius 1 is 1.44 bits per heavy atom. The predicted octanol–water partition coefficient (Wildman–Crippen LogP) is 2.49. The van der Waals surface area contributed by atoms with Gasteiger partial charge in [0.05, 0.1) is 6.54 Å². The second-order valence-electron chi connectivity index (χ2n) is 3.44. The van der Waals surface area contributed by atoms with Crippen LogP contribution in [0.1, 0.15) is 30.8 Å². The molecule has 86 valence electrons. The summed E-state index contributed by atoms with van der Waals surface area (Å²) >= 11 is 1.65. The summed E-state index contributed by atoms with van der Waals surface area (Å²) in [6, 6.07) is 0. The highest BCUT2D eigenvalue weighted by atomic mass is 32.1. The van der Waals surface area contributed by atoms with Crippen LogP contribution in [0.4, 0.5) is 0 Å². The van der Waals surface area contributed by atoms with Crippen LogP contribution in [0.3, 0.4) is 0 Å². The van der Waals surface area contributed by atoms with E-state index in [1.54, 1.807) is 17.5 Å². The minimum atomic E-state index is 0.0277. The Morgan fingerprint density at radius 3 is 3.00 bits per heavy atom. The quantitative estimate of drug-likeness (QED) is 0.802. The molecule has 0 fully saturated rings. The van der Waals surface area contributed by atoms with E-state index in [0.29, 0.717) is 6.61 Å². The smallest absolute Gasteiger partial charge is 0.138 e. The normalized spacial score (nSPS) is 12.9. The highest BCUT2D eigenvalue weighted by molar-refractivity contribution is 7.09. The van der Waals surface area contributed by atoms with Gasteiger partial charge in [0.15, 0.2) is 0 Å². The van der Waals surface area contributed by atoms with Crippen molar-refractivity contribution in [1.82, 2.24) is 14.5 Å². The minimum absolute atomic E-state index is 0.0277. The number of rotatable bonds is 5. The largest absolute Gasteiger partial charge is 0.371 e. The van der Waals surface area contributed by atoms with Crippen LogP contribution in [-0.4, -0.2) is 21.1 Å². The molecule has 0 bridgehead atoms. The number of thiazole rings is 1. The van der Waals surface area contributed by atoms with Crippen LogP contribution in [0.5, 0.6) is 0 Å². The molecular weight excluding hydrogens is 222 g/mol. The summed E-state index contributed by atoms with van der Waals surface area (Å²) in [6.07, 6.45) is 5.62. The number of aromatic nitrogens is 3. The predicted molar refractivity (Wildman–Crippen MR) is 63.5 cm³/mol. The average molecular weight is 237 g/mol. The molecule has 2 aromatic heterocycles. The van der Waals surface area contributed by atoms with Crippen molar-refractivity contribution in [2.75, 3.05) is 6.61 Å². The Morgan fingerprint density at radius 2 is 2.31 bits per heavy atom. The highest BCUT2D eigenvalue weighted by Crippen LogP contribution is 2.16. The third kappa shape index (κ3) is 2.48. The Bertz CT molecular complexity index is 424. The molecule has 2 aromatic rings. The van der Waals surface area contributed by atoms with Gasteiger partial charge in [-0.15, -0.1) is 11.3 Å². The lowest BCUT2D eigenvalue weighted by Crippen LogP contribution is -2.10. The summed E-state index contributed by atoms with van der Waals surface area (Å²) in [6.45, 7) is 5.48. The Kier molecular flexibility index (Phi) is 3.69. The summed E-state index contributed by atoms with van der Waals surface area (Å²) in [4.78, 5) is 8.60. The van der Waals surface area contributed by atoms with Gasteiger partial charge in [-0.3, -0.25) is 0 Å². The van der Waals surface area contributed by atoms with Crippen LogP contribution in [0.15, 0.2) is 24.0 Å². The molecule has 0 aliphatic rings. The van der Waals surface area contributed by atoms with Crippen molar-refractivity contribution >= 4 is 11.3 Å². The van der Waals surface area contributed by atoms with Gasteiger partial charge in [-0.05, 0) is 13.8 Å². The molecule has 0 amide bonds. The second kappa shape index (κ2) is 5.23. The summed E-state index contributed by atoms with van der Waals surface area (Å²) in [7, 11) is 0. The average Bonchev–Trinajstić information content (AvgIpc) is 2.90. The zero-order valence-corrected chi connectivity index (χ0v) is 10.3. The second-order valence-corrected chi connectivity index (χ2v) is 4.42. The monoisotopic (exact) mass is 237 g/mol. The van der Waals surface area contributed by atoms with Crippen molar-refractivity contribution in [2.24, 2.45) is 0 Å². The maximum Gasteiger partial charge on any atom is 0.138 e. The van der Waals surface area contributed by atoms with E-state index < -0.39 is 0 Å². The first-order chi connectivity index (χ1) is 7.81. The van der Waals surface area contributed by atoms with Crippen LogP contribution in [0.25, 0.3) is 0 Å². The fraction of sp³-hybridized carbons (Fsp3) is 0.455. The van der Waals surface area contributed by atoms with Crippen LogP contribution >= 0.6 is 11.3 Å². The third-order valence-corrected chi connectivity index (χ3v) is 3.08. The minimum Gasteiger partial charge on any atom is -0.371 e. The van der Waals surface area contributed by atoms with E-state index in [0.717, 1.165) is 17.4 Å². The van der Waals surface area contributed by atoms with Gasteiger partial charge in [0.2, 0.25) is 0 Å². The highest BCUT2D eigenvalue weighted by Gasteiger charge is 2.12. The van der Waals surface area contributed by atoms with Crippen LogP contribution in [0.2, 0.25) is 0 Å². The molecule has 2 rings (SSSR count). The topological polar surface area (TPSA) is 39.9 Å². The van der Waals surface area contributed by atoms with Gasteiger partial charge >= 0.3 is 0 Å². The number of ether oxygens (including phenoxy) is 1. The fourth-order valence-corrected chi connectivity index (χ4v) is 2.23. The first-order valence-corrected chi connectivity index (χ1v) is 6.20. The molecule has 0 N–H and O–H groups in total. The lowest BCUT2D eigenvalue weighted by molar-refractivity contribution is 0.0677. The van der Waals surface area contributed by atoms with Crippen LogP contribution < -0.4 is 0 Å². The summed E-state index contributed by atoms with van der Waals surface area (Å²) in [5, 5.41) is 3.07. The Balaban J connectivity index is 2.13. The summed E-state index contributed by atoms with van der Waals surface area (Å²) < 4.78 is 7.63. The van der Waals surface area contributed by atoms with E-state index in [9.17, 15) is 0 Å². The van der Waals surface area contributed by atoms with Crippen molar-refractivity contribution in [1.29, 1.82) is 0 Å². The molecule has 0 aromatic carbocycles. The fourth-order valence-electron chi connectivity index (χ4n) is 1.61. The summed E-state index contributed by atoms with van der Waals surface area (Å²) in [5.74, 6) is 0.956. The van der Waals surface area contributed by atoms with E-state index in [4.69, 9.17) is 4.74 Å². The molecule has 0 aliphatic carbocycles. The molecule has 1 atom stereocenters. The lowest BCUT2D eigenvalue weighted by atomic mass is 10.3. The molecule has 16 heavy (non-hydrogen) atoms. The van der Waals surface area contributed by atoms with Gasteiger partial charge in [0, 0.05) is 30.6 Å². The Labute approximate surface area is 98.9 Å². The van der Waals surface area contributed by atoms with Gasteiger partial charge in [-0.25, -0.2) is 9.97 Å². The van der Waals surface area contributed by atoms with Gasteiger partial charge in [-0.1, -0.05) is 0 Å². The maximum absolute atomic E-state index is 5.55. The molecule has 0 aliphatic heterocycles. The molecule has 0 radical (unpaired) electrons. The van der Waals surface area contributed by atoms with Crippen molar-refractivity contribution in [3.8, 4) is 0 Å². The molecule has 0 spiro atoms. The van der Waals surface area contributed by atoms with E-state index in [-0.39, 0.29) is 6.10 Å². The van der Waals surface area contributed by atoms with Crippen molar-refractivity contribution in [3.63, 3.8) is 0 Å². The number of hydrogen-bond acceptors (Lipinski definition) is 4. The van der Waals surface area contributed by atoms with E-state index in [1.165, 1.54) is 0 Å². The zero-order chi connectivity index (χ0) is 11.4. The molecule has 4 nitrogen and oxygen atoms in total. The maximum atomic E-state index is 5.55. The van der Waals surface area contributed by atoms with Crippen LogP contribution in [-0.2, 0) is 11.3 Å². The van der Waals surface area contributed by atoms with Crippen molar-refractivity contribution < 1.29 is 4.74 Å². The van der Waals surface area contributed by atoms with Crippen LogP contribution in [0, 0.1) is 0 Å². The number of imidazole rings is 1. The Hall–Kier alpha value is -1.20. The van der Waals surface area contributed by atoms with Gasteiger partial charge in [0.1, 0.15) is 16.9 Å². The standard InChI is InChI=1S/C11H15N3OS/c1-3-15-9(2)11-13-4-6-14(11)8-10-12-5-7-16-10/h4-7,9H,3,8H2,1-2H3/t9-/m1/s1. The molecule has 5 heteroatoms. The first-order valence-electron chi connectivity index (χ1n) is 5.32. The van der Waals surface area contributed by atoms with Gasteiger partial charge in [0.25, 0.3) is 0 Å². The lowest BCUT2D eigenvalue weighted by Gasteiger charge is -2.13. The molecule has 0 saturated carbocycles. The van der Waals surface area contributed by atoms with E-state index >= 15 is 0 Å². The third-order valence-electron chi connectivity index (χ3n) is 2.32.